The van der Waals surface area contributed by atoms with E-state index < -0.39 is 4.92 Å². The van der Waals surface area contributed by atoms with Crippen LogP contribution in [0, 0.1) is 20.6 Å². The van der Waals surface area contributed by atoms with Gasteiger partial charge in [-0.3, -0.25) is 10.1 Å². The minimum Gasteiger partial charge on any atom is -0.434 e. The van der Waals surface area contributed by atoms with Gasteiger partial charge in [-0.25, -0.2) is 4.98 Å². The number of halogens is 1. The number of hydrogen-bond donors (Lipinski definition) is 1. The van der Waals surface area contributed by atoms with Gasteiger partial charge in [0.2, 0.25) is 5.82 Å². The Bertz CT molecular complexity index is 833. The van der Waals surface area contributed by atoms with E-state index in [0.29, 0.717) is 11.4 Å². The standard InChI is InChI=1S/C17H13IN4O3/c1-11-2-8-14(9-3-11)25-17-15(22(23)24)16(19-10-20-17)21-13-6-4-12(18)5-7-13/h2-10H,1H3,(H,19,20,21). The number of hydrogen-bond acceptors (Lipinski definition) is 6. The van der Waals surface area contributed by atoms with Gasteiger partial charge >= 0.3 is 11.6 Å². The first-order valence-electron chi connectivity index (χ1n) is 7.29. The first-order chi connectivity index (χ1) is 12.0. The molecule has 3 rings (SSSR count). The largest absolute Gasteiger partial charge is 0.434 e. The van der Waals surface area contributed by atoms with Crippen molar-refractivity contribution in [3.63, 3.8) is 0 Å². The average molecular weight is 448 g/mol. The van der Waals surface area contributed by atoms with E-state index in [1.54, 1.807) is 12.1 Å². The van der Waals surface area contributed by atoms with Crippen LogP contribution >= 0.6 is 22.6 Å². The number of aromatic nitrogens is 2. The van der Waals surface area contributed by atoms with Crippen molar-refractivity contribution in [1.82, 2.24) is 9.97 Å². The van der Waals surface area contributed by atoms with Gasteiger partial charge in [-0.15, -0.1) is 0 Å². The number of nitrogens with zero attached hydrogens (tertiary/aromatic N) is 3. The monoisotopic (exact) mass is 448 g/mol. The molecule has 1 aromatic heterocycles. The normalized spacial score (nSPS) is 10.3. The first-order valence-corrected chi connectivity index (χ1v) is 8.37. The molecule has 0 saturated carbocycles. The highest BCUT2D eigenvalue weighted by molar-refractivity contribution is 14.1. The molecule has 0 aliphatic carbocycles. The van der Waals surface area contributed by atoms with Crippen molar-refractivity contribution in [2.24, 2.45) is 0 Å². The summed E-state index contributed by atoms with van der Waals surface area (Å²) in [5.41, 5.74) is 1.43. The van der Waals surface area contributed by atoms with Gasteiger partial charge in [0.05, 0.1) is 4.92 Å². The van der Waals surface area contributed by atoms with Crippen LogP contribution in [0.2, 0.25) is 0 Å². The second-order valence-corrected chi connectivity index (χ2v) is 6.43. The van der Waals surface area contributed by atoms with Crippen molar-refractivity contribution >= 4 is 39.8 Å². The van der Waals surface area contributed by atoms with Crippen LogP contribution in [-0.2, 0) is 0 Å². The third kappa shape index (κ3) is 4.21. The molecule has 3 aromatic rings. The van der Waals surface area contributed by atoms with E-state index in [4.69, 9.17) is 4.74 Å². The summed E-state index contributed by atoms with van der Waals surface area (Å²) in [5, 5.41) is 14.5. The molecular weight excluding hydrogens is 435 g/mol. The lowest BCUT2D eigenvalue weighted by Gasteiger charge is -2.09. The summed E-state index contributed by atoms with van der Waals surface area (Å²) in [4.78, 5) is 18.9. The average Bonchev–Trinajstić information content (AvgIpc) is 2.59. The van der Waals surface area contributed by atoms with E-state index in [1.165, 1.54) is 6.33 Å². The smallest absolute Gasteiger partial charge is 0.373 e. The molecule has 7 nitrogen and oxygen atoms in total. The Morgan fingerprint density at radius 1 is 1.08 bits per heavy atom. The van der Waals surface area contributed by atoms with Crippen LogP contribution in [0.1, 0.15) is 5.56 Å². The molecule has 1 N–H and O–H groups in total. The quantitative estimate of drug-likeness (QED) is 0.342. The zero-order valence-electron chi connectivity index (χ0n) is 13.1. The number of benzene rings is 2. The fraction of sp³-hybridized carbons (Fsp3) is 0.0588. The third-order valence-corrected chi connectivity index (χ3v) is 4.03. The van der Waals surface area contributed by atoms with E-state index in [0.717, 1.165) is 9.13 Å². The van der Waals surface area contributed by atoms with Crippen molar-refractivity contribution < 1.29 is 9.66 Å². The Morgan fingerprint density at radius 3 is 2.40 bits per heavy atom. The SMILES string of the molecule is Cc1ccc(Oc2ncnc(Nc3ccc(I)cc3)c2[N+](=O)[O-])cc1. The summed E-state index contributed by atoms with van der Waals surface area (Å²) in [5.74, 6) is 0.424. The van der Waals surface area contributed by atoms with Gasteiger partial charge in [0.1, 0.15) is 12.1 Å². The number of nitro groups is 1. The first kappa shape index (κ1) is 17.1. The van der Waals surface area contributed by atoms with Crippen LogP contribution in [0.25, 0.3) is 0 Å². The highest BCUT2D eigenvalue weighted by Crippen LogP contribution is 2.35. The van der Waals surface area contributed by atoms with Gasteiger partial charge in [0.15, 0.2) is 0 Å². The zero-order valence-corrected chi connectivity index (χ0v) is 15.3. The lowest BCUT2D eigenvalue weighted by Crippen LogP contribution is -2.03. The number of nitrogens with one attached hydrogen (secondary N) is 1. The predicted octanol–water partition coefficient (Wildman–Crippen LogP) is 4.83. The number of ether oxygens (including phenoxy) is 1. The molecule has 0 spiro atoms. The van der Waals surface area contributed by atoms with Crippen LogP contribution in [0.4, 0.5) is 17.2 Å². The molecule has 8 heteroatoms. The maximum absolute atomic E-state index is 11.5. The Kier molecular flexibility index (Phi) is 5.08. The summed E-state index contributed by atoms with van der Waals surface area (Å²) < 4.78 is 6.65. The molecule has 2 aromatic carbocycles. The minimum absolute atomic E-state index is 0.0725. The molecule has 25 heavy (non-hydrogen) atoms. The molecule has 0 radical (unpaired) electrons. The molecular formula is C17H13IN4O3. The Hall–Kier alpha value is -2.75. The minimum atomic E-state index is -0.557. The van der Waals surface area contributed by atoms with Crippen molar-refractivity contribution in [1.29, 1.82) is 0 Å². The maximum Gasteiger partial charge on any atom is 0.373 e. The van der Waals surface area contributed by atoms with Gasteiger partial charge < -0.3 is 10.1 Å². The van der Waals surface area contributed by atoms with Crippen molar-refractivity contribution in [2.45, 2.75) is 6.92 Å². The van der Waals surface area contributed by atoms with Crippen LogP contribution < -0.4 is 10.1 Å². The fourth-order valence-corrected chi connectivity index (χ4v) is 2.44. The molecule has 126 valence electrons. The molecule has 0 aliphatic rings. The van der Waals surface area contributed by atoms with Crippen molar-refractivity contribution in [3.8, 4) is 11.6 Å². The number of aryl methyl sites for hydroxylation is 1. The maximum atomic E-state index is 11.5. The summed E-state index contributed by atoms with van der Waals surface area (Å²) in [7, 11) is 0. The predicted molar refractivity (Wildman–Crippen MR) is 102 cm³/mol. The van der Waals surface area contributed by atoms with E-state index >= 15 is 0 Å². The highest BCUT2D eigenvalue weighted by Gasteiger charge is 2.25. The van der Waals surface area contributed by atoms with Gasteiger partial charge in [0.25, 0.3) is 0 Å². The number of anilines is 2. The van der Waals surface area contributed by atoms with Gasteiger partial charge in [0, 0.05) is 9.26 Å². The van der Waals surface area contributed by atoms with Gasteiger partial charge in [-0.2, -0.15) is 4.98 Å². The van der Waals surface area contributed by atoms with E-state index in [1.807, 2.05) is 43.3 Å². The molecule has 0 aliphatic heterocycles. The fourth-order valence-electron chi connectivity index (χ4n) is 2.08. The van der Waals surface area contributed by atoms with Crippen LogP contribution in [0.5, 0.6) is 11.6 Å². The van der Waals surface area contributed by atoms with E-state index in [-0.39, 0.29) is 17.4 Å². The zero-order chi connectivity index (χ0) is 17.8. The number of rotatable bonds is 5. The summed E-state index contributed by atoms with van der Waals surface area (Å²) >= 11 is 2.18. The summed E-state index contributed by atoms with van der Waals surface area (Å²) in [6.07, 6.45) is 1.23. The lowest BCUT2D eigenvalue weighted by molar-refractivity contribution is -0.385. The highest BCUT2D eigenvalue weighted by atomic mass is 127. The van der Waals surface area contributed by atoms with Crippen molar-refractivity contribution in [2.75, 3.05) is 5.32 Å². The van der Waals surface area contributed by atoms with Gasteiger partial charge in [-0.1, -0.05) is 17.7 Å². The topological polar surface area (TPSA) is 90.2 Å². The Morgan fingerprint density at radius 2 is 1.76 bits per heavy atom. The Labute approximate surface area is 157 Å². The molecule has 0 saturated heterocycles. The van der Waals surface area contributed by atoms with Crippen LogP contribution in [0.3, 0.4) is 0 Å². The molecule has 0 atom stereocenters. The van der Waals surface area contributed by atoms with Gasteiger partial charge in [-0.05, 0) is 65.9 Å². The van der Waals surface area contributed by atoms with Crippen LogP contribution in [-0.4, -0.2) is 14.9 Å². The molecule has 0 fully saturated rings. The summed E-state index contributed by atoms with van der Waals surface area (Å²) in [6, 6.07) is 14.6. The van der Waals surface area contributed by atoms with Crippen molar-refractivity contribution in [3.05, 3.63) is 74.1 Å². The van der Waals surface area contributed by atoms with E-state index in [9.17, 15) is 10.1 Å². The molecule has 0 amide bonds. The Balaban J connectivity index is 1.94. The second-order valence-electron chi connectivity index (χ2n) is 5.18. The molecule has 0 unspecified atom stereocenters. The lowest BCUT2D eigenvalue weighted by atomic mass is 10.2. The molecule has 0 bridgehead atoms. The third-order valence-electron chi connectivity index (χ3n) is 3.31. The van der Waals surface area contributed by atoms with Crippen LogP contribution in [0.15, 0.2) is 54.9 Å². The molecule has 1 heterocycles. The summed E-state index contributed by atoms with van der Waals surface area (Å²) in [6.45, 7) is 1.94. The van der Waals surface area contributed by atoms with E-state index in [2.05, 4.69) is 37.9 Å². The second kappa shape index (κ2) is 7.43.